The monoisotopic (exact) mass is 269 g/mol. The van der Waals surface area contributed by atoms with Gasteiger partial charge in [-0.05, 0) is 43.0 Å². The Bertz CT molecular complexity index is 361. The number of halogens is 1. The molecule has 1 aromatic rings. The quantitative estimate of drug-likeness (QED) is 0.880. The van der Waals surface area contributed by atoms with Crippen molar-refractivity contribution in [3.8, 4) is 0 Å². The minimum atomic E-state index is 0.0273. The first-order chi connectivity index (χ1) is 7.15. The van der Waals surface area contributed by atoms with Crippen LogP contribution in [-0.2, 0) is 6.54 Å². The molecule has 0 saturated heterocycles. The van der Waals surface area contributed by atoms with E-state index in [1.54, 1.807) is 0 Å². The smallest absolute Gasteiger partial charge is 0.0613 e. The summed E-state index contributed by atoms with van der Waals surface area (Å²) in [4.78, 5) is 0. The standard InChI is InChI=1S/C12H16BrNO/c1-9-6-11(13)3-2-10(9)7-14-12(8-15)4-5-12/h2-3,6,14-15H,4-5,7-8H2,1H3. The second kappa shape index (κ2) is 4.24. The van der Waals surface area contributed by atoms with E-state index in [4.69, 9.17) is 0 Å². The number of hydrogen-bond acceptors (Lipinski definition) is 2. The van der Waals surface area contributed by atoms with Crippen molar-refractivity contribution in [1.29, 1.82) is 0 Å². The van der Waals surface area contributed by atoms with Crippen LogP contribution in [0.25, 0.3) is 0 Å². The largest absolute Gasteiger partial charge is 0.394 e. The second-order valence-corrected chi connectivity index (χ2v) is 5.28. The van der Waals surface area contributed by atoms with Crippen molar-refractivity contribution in [1.82, 2.24) is 5.32 Å². The summed E-state index contributed by atoms with van der Waals surface area (Å²) in [6.45, 7) is 3.21. The molecule has 0 bridgehead atoms. The predicted molar refractivity (Wildman–Crippen MR) is 64.8 cm³/mol. The highest BCUT2D eigenvalue weighted by molar-refractivity contribution is 9.10. The van der Waals surface area contributed by atoms with Gasteiger partial charge in [0.05, 0.1) is 6.61 Å². The van der Waals surface area contributed by atoms with E-state index >= 15 is 0 Å². The number of benzene rings is 1. The Kier molecular flexibility index (Phi) is 3.14. The summed E-state index contributed by atoms with van der Waals surface area (Å²) < 4.78 is 1.12. The lowest BCUT2D eigenvalue weighted by Gasteiger charge is -2.15. The summed E-state index contributed by atoms with van der Waals surface area (Å²) >= 11 is 3.45. The molecule has 0 aliphatic heterocycles. The normalized spacial score (nSPS) is 17.8. The molecule has 1 saturated carbocycles. The first kappa shape index (κ1) is 11.1. The van der Waals surface area contributed by atoms with E-state index in [9.17, 15) is 5.11 Å². The van der Waals surface area contributed by atoms with Gasteiger partial charge >= 0.3 is 0 Å². The first-order valence-electron chi connectivity index (χ1n) is 5.26. The molecule has 82 valence electrons. The maximum absolute atomic E-state index is 9.18. The lowest BCUT2D eigenvalue weighted by Crippen LogP contribution is -2.34. The highest BCUT2D eigenvalue weighted by atomic mass is 79.9. The third-order valence-corrected chi connectivity index (χ3v) is 3.61. The van der Waals surface area contributed by atoms with Crippen LogP contribution in [0.15, 0.2) is 22.7 Å². The van der Waals surface area contributed by atoms with Crippen molar-refractivity contribution in [2.75, 3.05) is 6.61 Å². The van der Waals surface area contributed by atoms with Gasteiger partial charge in [0.2, 0.25) is 0 Å². The highest BCUT2D eigenvalue weighted by Gasteiger charge is 2.41. The third kappa shape index (κ3) is 2.60. The fourth-order valence-electron chi connectivity index (χ4n) is 1.68. The van der Waals surface area contributed by atoms with Gasteiger partial charge in [-0.2, -0.15) is 0 Å². The predicted octanol–water partition coefficient (Wildman–Crippen LogP) is 2.37. The molecule has 0 amide bonds. The zero-order valence-corrected chi connectivity index (χ0v) is 10.5. The van der Waals surface area contributed by atoms with Crippen LogP contribution in [0.4, 0.5) is 0 Å². The fourth-order valence-corrected chi connectivity index (χ4v) is 2.16. The Labute approximate surface area is 98.8 Å². The van der Waals surface area contributed by atoms with Crippen molar-refractivity contribution >= 4 is 15.9 Å². The Balaban J connectivity index is 1.99. The van der Waals surface area contributed by atoms with Crippen molar-refractivity contribution in [2.45, 2.75) is 31.8 Å². The average Bonchev–Trinajstić information content (AvgIpc) is 2.97. The van der Waals surface area contributed by atoms with Gasteiger partial charge in [0.25, 0.3) is 0 Å². The molecule has 0 unspecified atom stereocenters. The van der Waals surface area contributed by atoms with Crippen molar-refractivity contribution in [3.05, 3.63) is 33.8 Å². The maximum Gasteiger partial charge on any atom is 0.0613 e. The molecule has 1 fully saturated rings. The van der Waals surface area contributed by atoms with E-state index in [1.165, 1.54) is 11.1 Å². The number of rotatable bonds is 4. The summed E-state index contributed by atoms with van der Waals surface area (Å²) in [5, 5.41) is 12.6. The van der Waals surface area contributed by atoms with Gasteiger partial charge in [-0.3, -0.25) is 0 Å². The van der Waals surface area contributed by atoms with Gasteiger partial charge in [-0.25, -0.2) is 0 Å². The van der Waals surface area contributed by atoms with Crippen LogP contribution in [0.3, 0.4) is 0 Å². The third-order valence-electron chi connectivity index (χ3n) is 3.11. The Morgan fingerprint density at radius 1 is 1.47 bits per heavy atom. The SMILES string of the molecule is Cc1cc(Br)ccc1CNC1(CO)CC1. The first-order valence-corrected chi connectivity index (χ1v) is 6.05. The van der Waals surface area contributed by atoms with Crippen LogP contribution in [0.2, 0.25) is 0 Å². The van der Waals surface area contributed by atoms with Crippen LogP contribution in [0, 0.1) is 6.92 Å². The summed E-state index contributed by atoms with van der Waals surface area (Å²) in [6, 6.07) is 6.30. The van der Waals surface area contributed by atoms with Crippen molar-refractivity contribution < 1.29 is 5.11 Å². The van der Waals surface area contributed by atoms with E-state index in [-0.39, 0.29) is 12.1 Å². The van der Waals surface area contributed by atoms with Gasteiger partial charge in [0.15, 0.2) is 0 Å². The summed E-state index contributed by atoms with van der Waals surface area (Å²) in [7, 11) is 0. The van der Waals surface area contributed by atoms with E-state index < -0.39 is 0 Å². The van der Waals surface area contributed by atoms with Gasteiger partial charge in [0.1, 0.15) is 0 Å². The average molecular weight is 270 g/mol. The zero-order valence-electron chi connectivity index (χ0n) is 8.89. The van der Waals surface area contributed by atoms with Gasteiger partial charge in [0, 0.05) is 16.6 Å². The minimum Gasteiger partial charge on any atom is -0.394 e. The molecule has 1 aliphatic rings. The molecule has 3 heteroatoms. The number of aliphatic hydroxyl groups excluding tert-OH is 1. The van der Waals surface area contributed by atoms with Crippen LogP contribution in [0.5, 0.6) is 0 Å². The topological polar surface area (TPSA) is 32.3 Å². The molecule has 2 rings (SSSR count). The van der Waals surface area contributed by atoms with E-state index in [1.807, 2.05) is 0 Å². The zero-order chi connectivity index (χ0) is 10.9. The lowest BCUT2D eigenvalue weighted by atomic mass is 10.1. The van der Waals surface area contributed by atoms with Crippen LogP contribution in [-0.4, -0.2) is 17.3 Å². The molecular formula is C12H16BrNO. The molecule has 2 N–H and O–H groups in total. The molecule has 1 aromatic carbocycles. The molecule has 0 aromatic heterocycles. The Hall–Kier alpha value is -0.380. The highest BCUT2D eigenvalue weighted by Crippen LogP contribution is 2.35. The summed E-state index contributed by atoms with van der Waals surface area (Å²) in [5.41, 5.74) is 2.61. The number of nitrogens with one attached hydrogen (secondary N) is 1. The van der Waals surface area contributed by atoms with Crippen molar-refractivity contribution in [2.24, 2.45) is 0 Å². The second-order valence-electron chi connectivity index (χ2n) is 4.36. The Morgan fingerprint density at radius 3 is 2.73 bits per heavy atom. The Morgan fingerprint density at radius 2 is 2.20 bits per heavy atom. The molecule has 0 atom stereocenters. The maximum atomic E-state index is 9.18. The summed E-state index contributed by atoms with van der Waals surface area (Å²) in [5.74, 6) is 0. The number of aryl methyl sites for hydroxylation is 1. The van der Waals surface area contributed by atoms with E-state index in [0.29, 0.717) is 0 Å². The molecule has 1 aliphatic carbocycles. The summed E-state index contributed by atoms with van der Waals surface area (Å²) in [6.07, 6.45) is 2.19. The molecule has 2 nitrogen and oxygen atoms in total. The lowest BCUT2D eigenvalue weighted by molar-refractivity contribution is 0.229. The molecule has 0 heterocycles. The molecule has 0 spiro atoms. The molecule has 0 radical (unpaired) electrons. The number of aliphatic hydroxyl groups is 1. The van der Waals surface area contributed by atoms with Gasteiger partial charge in [-0.15, -0.1) is 0 Å². The fraction of sp³-hybridized carbons (Fsp3) is 0.500. The van der Waals surface area contributed by atoms with Gasteiger partial charge in [-0.1, -0.05) is 22.0 Å². The van der Waals surface area contributed by atoms with Gasteiger partial charge < -0.3 is 10.4 Å². The minimum absolute atomic E-state index is 0.0273. The van der Waals surface area contributed by atoms with E-state index in [0.717, 1.165) is 23.9 Å². The van der Waals surface area contributed by atoms with Crippen LogP contribution >= 0.6 is 15.9 Å². The number of hydrogen-bond donors (Lipinski definition) is 2. The van der Waals surface area contributed by atoms with Crippen LogP contribution in [0.1, 0.15) is 24.0 Å². The van der Waals surface area contributed by atoms with Crippen molar-refractivity contribution in [3.63, 3.8) is 0 Å². The van der Waals surface area contributed by atoms with E-state index in [2.05, 4.69) is 46.4 Å². The molecular weight excluding hydrogens is 254 g/mol. The van der Waals surface area contributed by atoms with Crippen LogP contribution < -0.4 is 5.32 Å². The molecule has 15 heavy (non-hydrogen) atoms.